The molecule has 0 unspecified atom stereocenters. The predicted octanol–water partition coefficient (Wildman–Crippen LogP) is 3.05. The molecule has 0 radical (unpaired) electrons. The summed E-state index contributed by atoms with van der Waals surface area (Å²) in [4.78, 5) is 22.8. The summed E-state index contributed by atoms with van der Waals surface area (Å²) in [6.45, 7) is 7.32. The zero-order valence-corrected chi connectivity index (χ0v) is 19.2. The molecule has 11 nitrogen and oxygen atoms in total. The van der Waals surface area contributed by atoms with Gasteiger partial charge in [0.05, 0.1) is 11.0 Å². The minimum absolute atomic E-state index is 0.0988. The largest absolute Gasteiger partial charge is 0.438 e. The van der Waals surface area contributed by atoms with E-state index in [4.69, 9.17) is 4.74 Å². The number of non-ortho nitro benzene ring substituents is 1. The fraction of sp³-hybridized carbons (Fsp3) is 0.500. The Labute approximate surface area is 186 Å². The van der Waals surface area contributed by atoms with Crippen molar-refractivity contribution in [1.29, 1.82) is 0 Å². The lowest BCUT2D eigenvalue weighted by Gasteiger charge is -2.15. The zero-order valence-electron chi connectivity index (χ0n) is 18.4. The van der Waals surface area contributed by atoms with E-state index >= 15 is 0 Å². The molecule has 1 heterocycles. The van der Waals surface area contributed by atoms with E-state index in [-0.39, 0.29) is 52.4 Å². The van der Waals surface area contributed by atoms with Gasteiger partial charge in [0.2, 0.25) is 15.9 Å². The molecule has 1 aromatic heterocycles. The Kier molecular flexibility index (Phi) is 6.84. The first-order valence-electron chi connectivity index (χ1n) is 10.4. The van der Waals surface area contributed by atoms with E-state index in [2.05, 4.69) is 15.1 Å². The van der Waals surface area contributed by atoms with Gasteiger partial charge in [0.1, 0.15) is 10.6 Å². The van der Waals surface area contributed by atoms with E-state index in [1.54, 1.807) is 13.8 Å². The fourth-order valence-corrected chi connectivity index (χ4v) is 4.27. The molecule has 1 aliphatic rings. The molecule has 0 bridgehead atoms. The number of hydrogen-bond donors (Lipinski definition) is 2. The van der Waals surface area contributed by atoms with Gasteiger partial charge in [0, 0.05) is 30.3 Å². The summed E-state index contributed by atoms with van der Waals surface area (Å²) < 4.78 is 35.5. The highest BCUT2D eigenvalue weighted by atomic mass is 32.2. The normalized spacial score (nSPS) is 13.9. The minimum atomic E-state index is -4.08. The van der Waals surface area contributed by atoms with E-state index in [9.17, 15) is 23.3 Å². The number of nitrogens with one attached hydrogen (secondary N) is 2. The van der Waals surface area contributed by atoms with Gasteiger partial charge in [-0.3, -0.25) is 14.9 Å². The van der Waals surface area contributed by atoms with Crippen molar-refractivity contribution in [3.05, 3.63) is 39.6 Å². The topological polar surface area (TPSA) is 145 Å². The van der Waals surface area contributed by atoms with Crippen molar-refractivity contribution in [3.8, 4) is 11.6 Å². The van der Waals surface area contributed by atoms with Gasteiger partial charge in [-0.2, -0.15) is 5.10 Å². The second-order valence-electron chi connectivity index (χ2n) is 7.95. The van der Waals surface area contributed by atoms with Crippen molar-refractivity contribution in [2.45, 2.75) is 63.9 Å². The van der Waals surface area contributed by atoms with Crippen LogP contribution in [0, 0.1) is 17.0 Å². The lowest BCUT2D eigenvalue weighted by atomic mass is 10.2. The molecule has 174 valence electrons. The molecule has 1 aliphatic carbocycles. The molecule has 0 atom stereocenters. The van der Waals surface area contributed by atoms with Gasteiger partial charge in [-0.05, 0) is 46.1 Å². The van der Waals surface area contributed by atoms with E-state index < -0.39 is 14.9 Å². The number of amides is 1. The quantitative estimate of drug-likeness (QED) is 0.405. The summed E-state index contributed by atoms with van der Waals surface area (Å²) in [5.41, 5.74) is 0.254. The van der Waals surface area contributed by atoms with Gasteiger partial charge >= 0.3 is 0 Å². The Morgan fingerprint density at radius 2 is 2.06 bits per heavy atom. The number of nitrogens with zero attached hydrogens (tertiary/aromatic N) is 3. The molecular weight excluding hydrogens is 438 g/mol. The number of rotatable bonds is 10. The number of benzene rings is 1. The van der Waals surface area contributed by atoms with Crippen molar-refractivity contribution in [1.82, 2.24) is 19.8 Å². The van der Waals surface area contributed by atoms with Crippen LogP contribution in [-0.4, -0.2) is 41.6 Å². The van der Waals surface area contributed by atoms with Crippen LogP contribution >= 0.6 is 0 Å². The second kappa shape index (κ2) is 9.25. The number of carbonyl (C=O) groups excluding carboxylic acids is 1. The first-order chi connectivity index (χ1) is 15.0. The van der Waals surface area contributed by atoms with Gasteiger partial charge in [0.25, 0.3) is 11.6 Å². The molecule has 0 spiro atoms. The van der Waals surface area contributed by atoms with Crippen LogP contribution in [-0.2, 0) is 10.0 Å². The first-order valence-corrected chi connectivity index (χ1v) is 11.9. The van der Waals surface area contributed by atoms with Crippen molar-refractivity contribution in [2.24, 2.45) is 0 Å². The summed E-state index contributed by atoms with van der Waals surface area (Å²) in [5, 5.41) is 18.5. The Morgan fingerprint density at radius 3 is 2.62 bits per heavy atom. The summed E-state index contributed by atoms with van der Waals surface area (Å²) >= 11 is 0. The van der Waals surface area contributed by atoms with Crippen LogP contribution in [0.15, 0.2) is 23.1 Å². The van der Waals surface area contributed by atoms with E-state index in [0.717, 1.165) is 18.9 Å². The number of hydrogen-bond acceptors (Lipinski definition) is 7. The number of aromatic nitrogens is 2. The monoisotopic (exact) mass is 465 g/mol. The maximum Gasteiger partial charge on any atom is 0.272 e. The Bertz CT molecular complexity index is 1140. The Hall–Kier alpha value is -2.99. The molecule has 32 heavy (non-hydrogen) atoms. The smallest absolute Gasteiger partial charge is 0.272 e. The van der Waals surface area contributed by atoms with E-state index in [1.807, 2.05) is 13.8 Å². The number of ether oxygens (including phenoxy) is 1. The number of nitro groups is 1. The highest BCUT2D eigenvalue weighted by Gasteiger charge is 2.30. The first kappa shape index (κ1) is 23.7. The number of nitro benzene ring substituents is 1. The third-order valence-corrected chi connectivity index (χ3v) is 6.37. The lowest BCUT2D eigenvalue weighted by Crippen LogP contribution is -2.26. The van der Waals surface area contributed by atoms with Crippen LogP contribution in [0.4, 0.5) is 5.69 Å². The standard InChI is InChI=1S/C20H27N5O6S/c1-5-10-21-32(29,30)17-11-15(25(27)28)8-9-16(17)31-20-13(4)18(23-24(20)12(2)3)19(26)22-14-6-7-14/h8-9,11-12,14,21H,5-7,10H2,1-4H3,(H,22,26). The van der Waals surface area contributed by atoms with Crippen LogP contribution < -0.4 is 14.8 Å². The predicted molar refractivity (Wildman–Crippen MR) is 116 cm³/mol. The third kappa shape index (κ3) is 5.07. The average Bonchev–Trinajstić information content (AvgIpc) is 3.48. The van der Waals surface area contributed by atoms with Gasteiger partial charge in [-0.25, -0.2) is 17.8 Å². The SMILES string of the molecule is CCCNS(=O)(=O)c1cc([N+](=O)[O-])ccc1Oc1c(C)c(C(=O)NC2CC2)nn1C(C)C. The summed E-state index contributed by atoms with van der Waals surface area (Å²) in [7, 11) is -4.08. The molecule has 0 aliphatic heterocycles. The minimum Gasteiger partial charge on any atom is -0.438 e. The average molecular weight is 466 g/mol. The van der Waals surface area contributed by atoms with Crippen molar-refractivity contribution in [3.63, 3.8) is 0 Å². The van der Waals surface area contributed by atoms with Crippen molar-refractivity contribution in [2.75, 3.05) is 6.54 Å². The summed E-state index contributed by atoms with van der Waals surface area (Å²) in [6, 6.07) is 3.31. The van der Waals surface area contributed by atoms with E-state index in [0.29, 0.717) is 12.0 Å². The molecule has 1 saturated carbocycles. The highest BCUT2D eigenvalue weighted by Crippen LogP contribution is 2.35. The molecule has 2 aromatic rings. The maximum atomic E-state index is 12.8. The molecule has 0 saturated heterocycles. The van der Waals surface area contributed by atoms with Gasteiger partial charge in [-0.15, -0.1) is 0 Å². The van der Waals surface area contributed by atoms with Crippen LogP contribution in [0.2, 0.25) is 0 Å². The molecule has 1 fully saturated rings. The Balaban J connectivity index is 2.06. The molecule has 3 rings (SSSR count). The maximum absolute atomic E-state index is 12.8. The van der Waals surface area contributed by atoms with Crippen LogP contribution in [0.1, 0.15) is 62.1 Å². The number of carbonyl (C=O) groups is 1. The molecular formula is C20H27N5O6S. The van der Waals surface area contributed by atoms with E-state index in [1.165, 1.54) is 16.8 Å². The third-order valence-electron chi connectivity index (χ3n) is 4.88. The highest BCUT2D eigenvalue weighted by molar-refractivity contribution is 7.89. The zero-order chi connectivity index (χ0) is 23.6. The second-order valence-corrected chi connectivity index (χ2v) is 9.69. The number of sulfonamides is 1. The van der Waals surface area contributed by atoms with Crippen LogP contribution in [0.3, 0.4) is 0 Å². The van der Waals surface area contributed by atoms with Crippen LogP contribution in [0.5, 0.6) is 11.6 Å². The van der Waals surface area contributed by atoms with Crippen molar-refractivity contribution >= 4 is 21.6 Å². The molecule has 2 N–H and O–H groups in total. The molecule has 1 aromatic carbocycles. The fourth-order valence-electron chi connectivity index (χ4n) is 2.99. The molecule has 12 heteroatoms. The van der Waals surface area contributed by atoms with Gasteiger partial charge in [-0.1, -0.05) is 6.92 Å². The summed E-state index contributed by atoms with van der Waals surface area (Å²) in [6.07, 6.45) is 2.39. The van der Waals surface area contributed by atoms with Crippen LogP contribution in [0.25, 0.3) is 0 Å². The van der Waals surface area contributed by atoms with Gasteiger partial charge in [0.15, 0.2) is 5.69 Å². The lowest BCUT2D eigenvalue weighted by molar-refractivity contribution is -0.385. The Morgan fingerprint density at radius 1 is 1.38 bits per heavy atom. The van der Waals surface area contributed by atoms with Crippen molar-refractivity contribution < 1.29 is 22.9 Å². The van der Waals surface area contributed by atoms with Gasteiger partial charge < -0.3 is 10.1 Å². The summed E-state index contributed by atoms with van der Waals surface area (Å²) in [5.74, 6) is -0.226. The molecule has 1 amide bonds.